The Hall–Kier alpha value is -1.16. The normalized spacial score (nSPS) is 12.5. The van der Waals surface area contributed by atoms with E-state index in [0.717, 1.165) is 18.9 Å². The maximum atomic E-state index is 5.59. The second-order valence-electron chi connectivity index (χ2n) is 3.44. The number of nitrogens with two attached hydrogens (primary N) is 1. The topological polar surface area (TPSA) is 55.0 Å². The van der Waals surface area contributed by atoms with Gasteiger partial charge < -0.3 is 10.6 Å². The van der Waals surface area contributed by atoms with Crippen LogP contribution >= 0.6 is 0 Å². The van der Waals surface area contributed by atoms with Gasteiger partial charge in [-0.05, 0) is 19.4 Å². The summed E-state index contributed by atoms with van der Waals surface area (Å²) < 4.78 is 0. The SMILES string of the molecule is CCN(CC(C)CN)c1cnccn1. The zero-order valence-corrected chi connectivity index (χ0v) is 8.85. The molecule has 0 aliphatic carbocycles. The van der Waals surface area contributed by atoms with Gasteiger partial charge in [0.25, 0.3) is 0 Å². The summed E-state index contributed by atoms with van der Waals surface area (Å²) >= 11 is 0. The predicted molar refractivity (Wildman–Crippen MR) is 58.1 cm³/mol. The smallest absolute Gasteiger partial charge is 0.147 e. The Bertz CT molecular complexity index is 250. The van der Waals surface area contributed by atoms with Gasteiger partial charge in [-0.2, -0.15) is 0 Å². The highest BCUT2D eigenvalue weighted by molar-refractivity contribution is 5.34. The van der Waals surface area contributed by atoms with Crippen molar-refractivity contribution in [1.82, 2.24) is 9.97 Å². The van der Waals surface area contributed by atoms with E-state index in [2.05, 4.69) is 28.7 Å². The summed E-state index contributed by atoms with van der Waals surface area (Å²) in [7, 11) is 0. The van der Waals surface area contributed by atoms with E-state index in [-0.39, 0.29) is 0 Å². The molecule has 4 heteroatoms. The van der Waals surface area contributed by atoms with Crippen molar-refractivity contribution in [3.8, 4) is 0 Å². The Morgan fingerprint density at radius 3 is 2.79 bits per heavy atom. The number of aromatic nitrogens is 2. The molecule has 0 amide bonds. The van der Waals surface area contributed by atoms with Gasteiger partial charge in [-0.25, -0.2) is 4.98 Å². The molecule has 0 saturated carbocycles. The Balaban J connectivity index is 2.63. The summed E-state index contributed by atoms with van der Waals surface area (Å²) in [6.07, 6.45) is 5.18. The van der Waals surface area contributed by atoms with Gasteiger partial charge in [-0.1, -0.05) is 6.92 Å². The molecule has 0 bridgehead atoms. The Morgan fingerprint density at radius 1 is 1.50 bits per heavy atom. The van der Waals surface area contributed by atoms with E-state index in [1.165, 1.54) is 0 Å². The average Bonchev–Trinajstić information content (AvgIpc) is 2.26. The molecule has 0 aliphatic heterocycles. The molecule has 4 nitrogen and oxygen atoms in total. The third-order valence-electron chi connectivity index (χ3n) is 2.19. The minimum absolute atomic E-state index is 0.483. The monoisotopic (exact) mass is 194 g/mol. The van der Waals surface area contributed by atoms with Gasteiger partial charge in [0.2, 0.25) is 0 Å². The van der Waals surface area contributed by atoms with E-state index in [1.54, 1.807) is 18.6 Å². The van der Waals surface area contributed by atoms with Gasteiger partial charge in [0, 0.05) is 25.5 Å². The molecule has 0 aromatic carbocycles. The number of hydrogen-bond donors (Lipinski definition) is 1. The molecule has 2 N–H and O–H groups in total. The molecular formula is C10H18N4. The van der Waals surface area contributed by atoms with Gasteiger partial charge in [0.05, 0.1) is 6.20 Å². The second-order valence-corrected chi connectivity index (χ2v) is 3.44. The fourth-order valence-corrected chi connectivity index (χ4v) is 1.29. The van der Waals surface area contributed by atoms with Gasteiger partial charge in [0.1, 0.15) is 5.82 Å². The van der Waals surface area contributed by atoms with E-state index >= 15 is 0 Å². The fourth-order valence-electron chi connectivity index (χ4n) is 1.29. The summed E-state index contributed by atoms with van der Waals surface area (Å²) in [5.74, 6) is 1.41. The molecule has 0 fully saturated rings. The van der Waals surface area contributed by atoms with Crippen LogP contribution in [0.15, 0.2) is 18.6 Å². The van der Waals surface area contributed by atoms with Crippen LogP contribution in [0.1, 0.15) is 13.8 Å². The molecule has 78 valence electrons. The van der Waals surface area contributed by atoms with Crippen molar-refractivity contribution >= 4 is 5.82 Å². The lowest BCUT2D eigenvalue weighted by molar-refractivity contribution is 0.572. The largest absolute Gasteiger partial charge is 0.355 e. The Morgan fingerprint density at radius 2 is 2.29 bits per heavy atom. The second kappa shape index (κ2) is 5.54. The van der Waals surface area contributed by atoms with Crippen molar-refractivity contribution in [2.75, 3.05) is 24.5 Å². The highest BCUT2D eigenvalue weighted by Crippen LogP contribution is 2.09. The zero-order chi connectivity index (χ0) is 10.4. The van der Waals surface area contributed by atoms with Gasteiger partial charge in [-0.3, -0.25) is 4.98 Å². The van der Waals surface area contributed by atoms with Crippen molar-refractivity contribution in [3.63, 3.8) is 0 Å². The van der Waals surface area contributed by atoms with Crippen LogP contribution in [0, 0.1) is 5.92 Å². The number of anilines is 1. The molecule has 0 saturated heterocycles. The fraction of sp³-hybridized carbons (Fsp3) is 0.600. The van der Waals surface area contributed by atoms with Crippen LogP contribution in [-0.2, 0) is 0 Å². The molecule has 0 spiro atoms. The van der Waals surface area contributed by atoms with E-state index < -0.39 is 0 Å². The van der Waals surface area contributed by atoms with Crippen LogP contribution in [0.3, 0.4) is 0 Å². The lowest BCUT2D eigenvalue weighted by Gasteiger charge is -2.24. The molecule has 1 rings (SSSR count). The van der Waals surface area contributed by atoms with Crippen LogP contribution in [0.4, 0.5) is 5.82 Å². The molecule has 1 aromatic rings. The third kappa shape index (κ3) is 2.96. The number of nitrogens with zero attached hydrogens (tertiary/aromatic N) is 3. The third-order valence-corrected chi connectivity index (χ3v) is 2.19. The van der Waals surface area contributed by atoms with Crippen LogP contribution in [0.25, 0.3) is 0 Å². The van der Waals surface area contributed by atoms with Gasteiger partial charge in [0.15, 0.2) is 0 Å². The average molecular weight is 194 g/mol. The van der Waals surface area contributed by atoms with Crippen molar-refractivity contribution < 1.29 is 0 Å². The van der Waals surface area contributed by atoms with Crippen molar-refractivity contribution in [1.29, 1.82) is 0 Å². The lowest BCUT2D eigenvalue weighted by atomic mass is 10.2. The predicted octanol–water partition coefficient (Wildman–Crippen LogP) is 0.898. The van der Waals surface area contributed by atoms with E-state index in [4.69, 9.17) is 5.73 Å². The van der Waals surface area contributed by atoms with Crippen molar-refractivity contribution in [3.05, 3.63) is 18.6 Å². The summed E-state index contributed by atoms with van der Waals surface area (Å²) in [6, 6.07) is 0. The van der Waals surface area contributed by atoms with E-state index in [0.29, 0.717) is 12.5 Å². The summed E-state index contributed by atoms with van der Waals surface area (Å²) in [4.78, 5) is 10.5. The first kappa shape index (κ1) is 10.9. The van der Waals surface area contributed by atoms with Crippen molar-refractivity contribution in [2.45, 2.75) is 13.8 Å². The summed E-state index contributed by atoms with van der Waals surface area (Å²) in [5.41, 5.74) is 5.59. The summed E-state index contributed by atoms with van der Waals surface area (Å²) in [6.45, 7) is 6.82. The van der Waals surface area contributed by atoms with Crippen LogP contribution in [0.2, 0.25) is 0 Å². The Labute approximate surface area is 85.2 Å². The highest BCUT2D eigenvalue weighted by atomic mass is 15.2. The maximum Gasteiger partial charge on any atom is 0.147 e. The zero-order valence-electron chi connectivity index (χ0n) is 8.85. The lowest BCUT2D eigenvalue weighted by Crippen LogP contribution is -2.32. The molecule has 1 unspecified atom stereocenters. The number of hydrogen-bond acceptors (Lipinski definition) is 4. The molecule has 0 aliphatic rings. The minimum Gasteiger partial charge on any atom is -0.355 e. The molecule has 14 heavy (non-hydrogen) atoms. The van der Waals surface area contributed by atoms with Gasteiger partial charge in [-0.15, -0.1) is 0 Å². The highest BCUT2D eigenvalue weighted by Gasteiger charge is 2.08. The molecule has 0 radical (unpaired) electrons. The summed E-state index contributed by atoms with van der Waals surface area (Å²) in [5, 5.41) is 0. The minimum atomic E-state index is 0.483. The van der Waals surface area contributed by atoms with Crippen LogP contribution in [-0.4, -0.2) is 29.6 Å². The Kier molecular flexibility index (Phi) is 4.32. The standard InChI is InChI=1S/C10H18N4/c1-3-14(8-9(2)6-11)10-7-12-4-5-13-10/h4-5,7,9H,3,6,8,11H2,1-2H3. The molecule has 1 aromatic heterocycles. The number of rotatable bonds is 5. The van der Waals surface area contributed by atoms with Gasteiger partial charge >= 0.3 is 0 Å². The first-order valence-corrected chi connectivity index (χ1v) is 4.99. The van der Waals surface area contributed by atoms with Crippen LogP contribution in [0.5, 0.6) is 0 Å². The van der Waals surface area contributed by atoms with E-state index in [9.17, 15) is 0 Å². The quantitative estimate of drug-likeness (QED) is 0.756. The molecular weight excluding hydrogens is 176 g/mol. The van der Waals surface area contributed by atoms with Crippen molar-refractivity contribution in [2.24, 2.45) is 11.7 Å². The first-order chi connectivity index (χ1) is 6.77. The first-order valence-electron chi connectivity index (χ1n) is 4.99. The van der Waals surface area contributed by atoms with Crippen LogP contribution < -0.4 is 10.6 Å². The molecule has 1 atom stereocenters. The molecule has 1 heterocycles. The van der Waals surface area contributed by atoms with E-state index in [1.807, 2.05) is 0 Å². The maximum absolute atomic E-state index is 5.59.